The van der Waals surface area contributed by atoms with Crippen LogP contribution in [0.4, 0.5) is 0 Å². The number of thiophene rings is 1. The van der Waals surface area contributed by atoms with Crippen LogP contribution < -0.4 is 0 Å². The monoisotopic (exact) mass is 229 g/mol. The van der Waals surface area contributed by atoms with E-state index in [4.69, 9.17) is 5.53 Å². The van der Waals surface area contributed by atoms with Gasteiger partial charge in [-0.25, -0.2) is 0 Å². The van der Waals surface area contributed by atoms with Gasteiger partial charge in [0.1, 0.15) is 0 Å². The summed E-state index contributed by atoms with van der Waals surface area (Å²) in [6.45, 7) is 2.52. The first-order chi connectivity index (χ1) is 7.83. The number of rotatable bonds is 3. The molecule has 4 heteroatoms. The van der Waals surface area contributed by atoms with Crippen molar-refractivity contribution in [3.63, 3.8) is 0 Å². The Kier molecular flexibility index (Phi) is 3.25. The molecule has 0 amide bonds. The molecule has 0 saturated carbocycles. The zero-order chi connectivity index (χ0) is 11.4. The second-order valence-corrected chi connectivity index (χ2v) is 4.49. The Balaban J connectivity index is 2.34. The summed E-state index contributed by atoms with van der Waals surface area (Å²) >= 11 is 1.76. The third-order valence-electron chi connectivity index (χ3n) is 2.40. The Morgan fingerprint density at radius 3 is 3.00 bits per heavy atom. The van der Waals surface area contributed by atoms with Gasteiger partial charge in [0.05, 0.1) is 0 Å². The lowest BCUT2D eigenvalue weighted by atomic mass is 10.1. The molecule has 0 bridgehead atoms. The molecule has 0 aliphatic carbocycles. The van der Waals surface area contributed by atoms with Crippen LogP contribution in [0.1, 0.15) is 10.4 Å². The van der Waals surface area contributed by atoms with Gasteiger partial charge in [0, 0.05) is 21.0 Å². The van der Waals surface area contributed by atoms with Crippen molar-refractivity contribution >= 4 is 27.5 Å². The average molecular weight is 229 g/mol. The molecule has 0 spiro atoms. The van der Waals surface area contributed by atoms with E-state index in [0.29, 0.717) is 6.54 Å². The predicted molar refractivity (Wildman–Crippen MR) is 69.6 cm³/mol. The van der Waals surface area contributed by atoms with E-state index in [1.54, 1.807) is 11.3 Å². The fraction of sp³-hybridized carbons (Fsp3) is 0.167. The zero-order valence-electron chi connectivity index (χ0n) is 8.92. The number of hydrogen-bond acceptors (Lipinski definition) is 2. The molecule has 0 aliphatic heterocycles. The lowest BCUT2D eigenvalue weighted by molar-refractivity contribution is 1.22. The summed E-state index contributed by atoms with van der Waals surface area (Å²) in [6, 6.07) is 8.35. The van der Waals surface area contributed by atoms with Gasteiger partial charge in [0.15, 0.2) is 0 Å². The van der Waals surface area contributed by atoms with Crippen molar-refractivity contribution in [3.8, 4) is 0 Å². The first kappa shape index (κ1) is 10.7. The van der Waals surface area contributed by atoms with Crippen LogP contribution in [-0.4, -0.2) is 6.54 Å². The van der Waals surface area contributed by atoms with E-state index >= 15 is 0 Å². The second-order valence-electron chi connectivity index (χ2n) is 3.40. The molecule has 1 heterocycles. The fourth-order valence-corrected chi connectivity index (χ4v) is 2.74. The molecule has 80 valence electrons. The van der Waals surface area contributed by atoms with Crippen molar-refractivity contribution in [1.29, 1.82) is 0 Å². The molecule has 2 aromatic rings. The summed E-state index contributed by atoms with van der Waals surface area (Å²) in [6.07, 6.45) is 3.91. The van der Waals surface area contributed by atoms with E-state index in [9.17, 15) is 0 Å². The molecule has 0 atom stereocenters. The third kappa shape index (κ3) is 2.08. The normalized spacial score (nSPS) is 10.8. The number of aryl methyl sites for hydroxylation is 1. The first-order valence-corrected chi connectivity index (χ1v) is 5.80. The van der Waals surface area contributed by atoms with Gasteiger partial charge in [-0.05, 0) is 35.5 Å². The van der Waals surface area contributed by atoms with E-state index in [0.717, 1.165) is 0 Å². The Morgan fingerprint density at radius 2 is 2.25 bits per heavy atom. The summed E-state index contributed by atoms with van der Waals surface area (Å²) < 4.78 is 1.29. The van der Waals surface area contributed by atoms with Crippen LogP contribution in [0.15, 0.2) is 35.5 Å². The quantitative estimate of drug-likeness (QED) is 0.421. The fourth-order valence-electron chi connectivity index (χ4n) is 1.60. The highest BCUT2D eigenvalue weighted by Gasteiger charge is 2.04. The van der Waals surface area contributed by atoms with Gasteiger partial charge in [0.2, 0.25) is 0 Å². The van der Waals surface area contributed by atoms with Crippen LogP contribution in [0, 0.1) is 6.92 Å². The minimum absolute atomic E-state index is 0.407. The van der Waals surface area contributed by atoms with Gasteiger partial charge >= 0.3 is 0 Å². The highest BCUT2D eigenvalue weighted by molar-refractivity contribution is 7.20. The Labute approximate surface area is 97.7 Å². The maximum Gasteiger partial charge on any atom is 0.0443 e. The summed E-state index contributed by atoms with van der Waals surface area (Å²) in [5.41, 5.74) is 9.45. The van der Waals surface area contributed by atoms with Crippen LogP contribution in [-0.2, 0) is 0 Å². The molecule has 3 nitrogen and oxygen atoms in total. The van der Waals surface area contributed by atoms with Gasteiger partial charge in [0.25, 0.3) is 0 Å². The van der Waals surface area contributed by atoms with Gasteiger partial charge in [-0.1, -0.05) is 29.4 Å². The Bertz CT molecular complexity index is 577. The Morgan fingerprint density at radius 1 is 1.44 bits per heavy atom. The van der Waals surface area contributed by atoms with Crippen LogP contribution in [0.5, 0.6) is 0 Å². The number of benzene rings is 1. The molecule has 0 aliphatic rings. The topological polar surface area (TPSA) is 48.8 Å². The second kappa shape index (κ2) is 4.84. The largest absolute Gasteiger partial charge is 0.136 e. The summed E-state index contributed by atoms with van der Waals surface area (Å²) in [7, 11) is 0. The summed E-state index contributed by atoms with van der Waals surface area (Å²) in [5.74, 6) is 0. The summed E-state index contributed by atoms with van der Waals surface area (Å²) in [5, 5.41) is 4.77. The average Bonchev–Trinajstić information content (AvgIpc) is 2.63. The molecular weight excluding hydrogens is 218 g/mol. The third-order valence-corrected chi connectivity index (χ3v) is 3.64. The summed E-state index contributed by atoms with van der Waals surface area (Å²) in [4.78, 5) is 3.94. The highest BCUT2D eigenvalue weighted by Crippen LogP contribution is 2.31. The molecular formula is C12H11N3S. The molecule has 0 unspecified atom stereocenters. The van der Waals surface area contributed by atoms with Crippen LogP contribution >= 0.6 is 11.3 Å². The molecule has 0 N–H and O–H groups in total. The van der Waals surface area contributed by atoms with Gasteiger partial charge < -0.3 is 0 Å². The minimum atomic E-state index is 0.407. The van der Waals surface area contributed by atoms with Gasteiger partial charge in [-0.15, -0.1) is 11.3 Å². The number of nitrogens with zero attached hydrogens (tertiary/aromatic N) is 3. The minimum Gasteiger partial charge on any atom is -0.136 e. The van der Waals surface area contributed by atoms with Gasteiger partial charge in [-0.3, -0.25) is 0 Å². The molecule has 0 saturated heterocycles. The smallest absolute Gasteiger partial charge is 0.0443 e. The van der Waals surface area contributed by atoms with Crippen molar-refractivity contribution in [2.45, 2.75) is 6.92 Å². The maximum atomic E-state index is 8.16. The SMILES string of the molecule is Cc1c(C=CCN=[N+]=[N-])sc2ccccc12. The van der Waals surface area contributed by atoms with E-state index in [1.807, 2.05) is 18.2 Å². The number of hydrogen-bond donors (Lipinski definition) is 0. The molecule has 1 aromatic carbocycles. The molecule has 1 aromatic heterocycles. The van der Waals surface area contributed by atoms with Crippen molar-refractivity contribution < 1.29 is 0 Å². The Hall–Kier alpha value is -1.77. The van der Waals surface area contributed by atoms with Gasteiger partial charge in [-0.2, -0.15) is 0 Å². The molecule has 16 heavy (non-hydrogen) atoms. The molecule has 0 radical (unpaired) electrons. The number of azide groups is 1. The lowest BCUT2D eigenvalue weighted by Crippen LogP contribution is -1.72. The van der Waals surface area contributed by atoms with E-state index in [-0.39, 0.29) is 0 Å². The standard InChI is InChI=1S/C12H11N3S/c1-9-10-5-2-3-6-12(10)16-11(9)7-4-8-14-15-13/h2-7H,8H2,1H3. The van der Waals surface area contributed by atoms with Crippen molar-refractivity contribution in [1.82, 2.24) is 0 Å². The molecule has 0 fully saturated rings. The van der Waals surface area contributed by atoms with Crippen LogP contribution in [0.3, 0.4) is 0 Å². The lowest BCUT2D eigenvalue weighted by Gasteiger charge is -1.90. The molecule has 2 rings (SSSR count). The predicted octanol–water partition coefficient (Wildman–Crippen LogP) is 4.53. The van der Waals surface area contributed by atoms with E-state index in [1.165, 1.54) is 20.5 Å². The first-order valence-electron chi connectivity index (χ1n) is 4.98. The van der Waals surface area contributed by atoms with Crippen molar-refractivity contribution in [3.05, 3.63) is 51.2 Å². The van der Waals surface area contributed by atoms with Crippen molar-refractivity contribution in [2.75, 3.05) is 6.54 Å². The highest BCUT2D eigenvalue weighted by atomic mass is 32.1. The zero-order valence-corrected chi connectivity index (χ0v) is 9.74. The number of fused-ring (bicyclic) bond motifs is 1. The van der Waals surface area contributed by atoms with E-state index < -0.39 is 0 Å². The maximum absolute atomic E-state index is 8.16. The van der Waals surface area contributed by atoms with Crippen molar-refractivity contribution in [2.24, 2.45) is 5.11 Å². The van der Waals surface area contributed by atoms with Crippen LogP contribution in [0.2, 0.25) is 0 Å². The van der Waals surface area contributed by atoms with E-state index in [2.05, 4.69) is 35.1 Å². The van der Waals surface area contributed by atoms with Crippen LogP contribution in [0.25, 0.3) is 26.6 Å².